The molecule has 7 N–H and O–H groups in total. The van der Waals surface area contributed by atoms with Crippen molar-refractivity contribution in [3.05, 3.63) is 71.4 Å². The highest BCUT2D eigenvalue weighted by molar-refractivity contribution is 7.89. The largest absolute Gasteiger partial charge is 0.398 e. The molecule has 0 radical (unpaired) electrons. The van der Waals surface area contributed by atoms with Crippen molar-refractivity contribution in [1.82, 2.24) is 15.6 Å². The van der Waals surface area contributed by atoms with Crippen molar-refractivity contribution in [2.24, 2.45) is 10.3 Å². The Morgan fingerprint density at radius 2 is 1.85 bits per heavy atom. The maximum Gasteiger partial charge on any atom is 0.314 e. The zero-order chi connectivity index (χ0) is 28.2. The summed E-state index contributed by atoms with van der Waals surface area (Å²) in [6, 6.07) is 13.8. The van der Waals surface area contributed by atoms with Gasteiger partial charge >= 0.3 is 6.03 Å². The van der Waals surface area contributed by atoms with E-state index in [0.717, 1.165) is 0 Å². The molecular weight excluding hydrogens is 546 g/mol. The molecule has 0 bridgehead atoms. The molecule has 0 spiro atoms. The smallest absolute Gasteiger partial charge is 0.314 e. The molecule has 3 aromatic rings. The summed E-state index contributed by atoms with van der Waals surface area (Å²) in [5, 5.41) is 17.7. The van der Waals surface area contributed by atoms with Crippen molar-refractivity contribution in [1.29, 1.82) is 0 Å². The van der Waals surface area contributed by atoms with Gasteiger partial charge < -0.3 is 26.5 Å². The lowest BCUT2D eigenvalue weighted by atomic mass is 9.92. The van der Waals surface area contributed by atoms with E-state index in [1.165, 1.54) is 18.3 Å². The van der Waals surface area contributed by atoms with Crippen LogP contribution in [-0.2, 0) is 19.7 Å². The lowest BCUT2D eigenvalue weighted by Crippen LogP contribution is -2.53. The zero-order valence-electron chi connectivity index (χ0n) is 20.8. The Bertz CT molecular complexity index is 1550. The highest BCUT2D eigenvalue weighted by Gasteiger charge is 2.47. The van der Waals surface area contributed by atoms with E-state index >= 15 is 0 Å². The number of urea groups is 1. The molecule has 0 saturated heterocycles. The second kappa shape index (κ2) is 11.3. The van der Waals surface area contributed by atoms with Crippen LogP contribution in [0.25, 0.3) is 11.1 Å². The lowest BCUT2D eigenvalue weighted by Gasteiger charge is -2.25. The monoisotopic (exact) mass is 571 g/mol. The number of carbonyl (C=O) groups excluding carboxylic acids is 2. The van der Waals surface area contributed by atoms with Crippen molar-refractivity contribution in [2.75, 3.05) is 24.1 Å². The average Bonchev–Trinajstić information content (AvgIpc) is 3.35. The number of carbonyl (C=O) groups is 2. The van der Waals surface area contributed by atoms with Crippen molar-refractivity contribution >= 4 is 50.8 Å². The van der Waals surface area contributed by atoms with E-state index < -0.39 is 27.6 Å². The van der Waals surface area contributed by atoms with Crippen LogP contribution in [0, 0.1) is 0 Å². The van der Waals surface area contributed by atoms with E-state index in [4.69, 9.17) is 27.3 Å². The fourth-order valence-electron chi connectivity index (χ4n) is 3.91. The Kier molecular flexibility index (Phi) is 8.04. The fourth-order valence-corrected chi connectivity index (χ4v) is 4.79. The first kappa shape index (κ1) is 27.8. The number of sulfonamides is 1. The minimum Gasteiger partial charge on any atom is -0.398 e. The number of nitrogen functional groups attached to an aromatic ring is 1. The third-order valence-corrected chi connectivity index (χ3v) is 7.22. The number of amides is 3. The predicted octanol–water partition coefficient (Wildman–Crippen LogP) is 2.45. The second-order valence-corrected chi connectivity index (χ2v) is 10.6. The number of halogens is 1. The molecule has 0 fully saturated rings. The lowest BCUT2D eigenvalue weighted by molar-refractivity contribution is -0.137. The summed E-state index contributed by atoms with van der Waals surface area (Å²) in [6.45, 7) is 1.96. The second-order valence-electron chi connectivity index (χ2n) is 8.68. The topological polar surface area (TPSA) is 191 Å². The van der Waals surface area contributed by atoms with E-state index in [1.807, 2.05) is 0 Å². The van der Waals surface area contributed by atoms with Gasteiger partial charge in [-0.05, 0) is 37.3 Å². The standard InChI is InChI=1S/C25H26ClN7O5S/c1-2-29-24(35)31-14-25(12-20(33-38-25)15-7-9-18(26)19(27)11-15)23(34)32-22-10-8-16(13-30-22)17-5-3-4-6-21(17)39(28,36)37/h3-11,13H,2,12,14,27H2,1H3,(H2,28,36,37)(H2,29,31,35)(H,30,32,34)/t25-/m1/s1. The first-order valence-corrected chi connectivity index (χ1v) is 13.7. The summed E-state index contributed by atoms with van der Waals surface area (Å²) in [7, 11) is -3.96. The van der Waals surface area contributed by atoms with Crippen LogP contribution >= 0.6 is 11.6 Å². The molecule has 0 saturated carbocycles. The number of rotatable bonds is 8. The van der Waals surface area contributed by atoms with Crippen LogP contribution in [-0.4, -0.2) is 49.7 Å². The van der Waals surface area contributed by atoms with Gasteiger partial charge in [-0.2, -0.15) is 0 Å². The molecule has 12 nitrogen and oxygen atoms in total. The predicted molar refractivity (Wildman–Crippen MR) is 148 cm³/mol. The van der Waals surface area contributed by atoms with E-state index in [2.05, 4.69) is 26.1 Å². The van der Waals surface area contributed by atoms with Crippen LogP contribution in [0.5, 0.6) is 0 Å². The number of hydrogen-bond donors (Lipinski definition) is 5. The number of nitrogens with zero attached hydrogens (tertiary/aromatic N) is 2. The SMILES string of the molecule is CCNC(=O)NC[C@@]1(C(=O)Nc2ccc(-c3ccccc3S(N)(=O)=O)cn2)CC(c2ccc(Cl)c(N)c2)=NO1. The average molecular weight is 572 g/mol. The molecule has 4 rings (SSSR count). The normalized spacial score (nSPS) is 16.6. The van der Waals surface area contributed by atoms with Crippen LogP contribution < -0.4 is 26.8 Å². The van der Waals surface area contributed by atoms with E-state index in [-0.39, 0.29) is 23.7 Å². The van der Waals surface area contributed by atoms with Gasteiger partial charge in [0.25, 0.3) is 5.91 Å². The fraction of sp³-hybridized carbons (Fsp3) is 0.200. The summed E-state index contributed by atoms with van der Waals surface area (Å²) in [5.74, 6) is -0.438. The number of benzene rings is 2. The van der Waals surface area contributed by atoms with Crippen LogP contribution in [0.15, 0.2) is 70.8 Å². The molecule has 0 unspecified atom stereocenters. The Morgan fingerprint density at radius 3 is 2.51 bits per heavy atom. The number of hydrogen-bond acceptors (Lipinski definition) is 8. The van der Waals surface area contributed by atoms with Crippen LogP contribution in [0.3, 0.4) is 0 Å². The molecule has 2 heterocycles. The van der Waals surface area contributed by atoms with Crippen LogP contribution in [0.1, 0.15) is 18.9 Å². The summed E-state index contributed by atoms with van der Waals surface area (Å²) in [6.07, 6.45) is 1.43. The van der Waals surface area contributed by atoms with Gasteiger partial charge in [-0.15, -0.1) is 0 Å². The maximum absolute atomic E-state index is 13.5. The van der Waals surface area contributed by atoms with Crippen molar-refractivity contribution in [2.45, 2.75) is 23.8 Å². The number of aromatic nitrogens is 1. The zero-order valence-corrected chi connectivity index (χ0v) is 22.3. The number of nitrogens with two attached hydrogens (primary N) is 2. The Balaban J connectivity index is 1.56. The van der Waals surface area contributed by atoms with Gasteiger partial charge in [-0.3, -0.25) is 4.79 Å². The molecule has 14 heteroatoms. The number of anilines is 2. The highest BCUT2D eigenvalue weighted by Crippen LogP contribution is 2.31. The number of oxime groups is 1. The Hall–Kier alpha value is -4.20. The summed E-state index contributed by atoms with van der Waals surface area (Å²) >= 11 is 6.02. The first-order chi connectivity index (χ1) is 18.5. The van der Waals surface area contributed by atoms with E-state index in [9.17, 15) is 18.0 Å². The number of pyridine rings is 1. The van der Waals surface area contributed by atoms with Gasteiger partial charge in [0.1, 0.15) is 5.82 Å². The molecule has 204 valence electrons. The first-order valence-electron chi connectivity index (χ1n) is 11.7. The van der Waals surface area contributed by atoms with Gasteiger partial charge in [0, 0.05) is 35.9 Å². The van der Waals surface area contributed by atoms with Gasteiger partial charge in [0.05, 0.1) is 27.9 Å². The van der Waals surface area contributed by atoms with Gasteiger partial charge in [0.15, 0.2) is 0 Å². The summed E-state index contributed by atoms with van der Waals surface area (Å²) in [5.41, 5.74) is 6.57. The third kappa shape index (κ3) is 6.28. The molecule has 1 atom stereocenters. The number of nitrogens with one attached hydrogen (secondary N) is 3. The van der Waals surface area contributed by atoms with E-state index in [0.29, 0.717) is 39.7 Å². The highest BCUT2D eigenvalue weighted by atomic mass is 35.5. The van der Waals surface area contributed by atoms with Gasteiger partial charge in [0.2, 0.25) is 15.6 Å². The molecule has 39 heavy (non-hydrogen) atoms. The summed E-state index contributed by atoms with van der Waals surface area (Å²) in [4.78, 5) is 35.4. The third-order valence-electron chi connectivity index (χ3n) is 5.91. The van der Waals surface area contributed by atoms with E-state index in [1.54, 1.807) is 49.4 Å². The van der Waals surface area contributed by atoms with Crippen molar-refractivity contribution in [3.8, 4) is 11.1 Å². The maximum atomic E-state index is 13.5. The molecule has 1 aliphatic heterocycles. The Labute approximate surface area is 229 Å². The molecule has 0 aliphatic carbocycles. The number of primary sulfonamides is 1. The summed E-state index contributed by atoms with van der Waals surface area (Å²) < 4.78 is 23.9. The minimum absolute atomic E-state index is 0.0200. The molecule has 3 amide bonds. The molecule has 2 aromatic carbocycles. The molecular formula is C25H26ClN7O5S. The van der Waals surface area contributed by atoms with Gasteiger partial charge in [-0.1, -0.05) is 41.0 Å². The van der Waals surface area contributed by atoms with Crippen molar-refractivity contribution < 1.29 is 22.8 Å². The Morgan fingerprint density at radius 1 is 1.10 bits per heavy atom. The van der Waals surface area contributed by atoms with Gasteiger partial charge in [-0.25, -0.2) is 23.3 Å². The van der Waals surface area contributed by atoms with Crippen molar-refractivity contribution in [3.63, 3.8) is 0 Å². The molecule has 1 aliphatic rings. The van der Waals surface area contributed by atoms with Crippen LogP contribution in [0.4, 0.5) is 16.3 Å². The minimum atomic E-state index is -3.96. The molecule has 1 aromatic heterocycles. The quantitative estimate of drug-likeness (QED) is 0.256. The van der Waals surface area contributed by atoms with Crippen LogP contribution in [0.2, 0.25) is 5.02 Å².